The van der Waals surface area contributed by atoms with Crippen LogP contribution < -0.4 is 10.1 Å². The number of hydrogen-bond acceptors (Lipinski definition) is 7. The van der Waals surface area contributed by atoms with Gasteiger partial charge in [-0.05, 0) is 26.0 Å². The number of nitrogens with zero attached hydrogens (tertiary/aromatic N) is 4. The number of rotatable bonds is 4. The van der Waals surface area contributed by atoms with Gasteiger partial charge in [0.25, 0.3) is 0 Å². The van der Waals surface area contributed by atoms with Crippen LogP contribution in [0.3, 0.4) is 0 Å². The lowest BCUT2D eigenvalue weighted by Gasteiger charge is -2.08. The molecule has 1 N–H and O–H groups in total. The monoisotopic (exact) mass is 275 g/mol. The molecule has 0 spiro atoms. The van der Waals surface area contributed by atoms with Gasteiger partial charge in [0, 0.05) is 12.7 Å². The second kappa shape index (κ2) is 5.47. The number of pyridine rings is 1. The molecule has 0 aliphatic rings. The summed E-state index contributed by atoms with van der Waals surface area (Å²) in [5.41, 5.74) is 0.788. The molecule has 104 valence electrons. The number of aryl methyl sites for hydroxylation is 2. The Morgan fingerprint density at radius 3 is 2.60 bits per heavy atom. The largest absolute Gasteiger partial charge is 0.432 e. The molecule has 2 heterocycles. The smallest absolute Gasteiger partial charge is 0.352 e. The minimum Gasteiger partial charge on any atom is -0.432 e. The van der Waals surface area contributed by atoms with E-state index in [1.54, 1.807) is 19.2 Å². The molecule has 2 rings (SSSR count). The van der Waals surface area contributed by atoms with Crippen molar-refractivity contribution in [2.24, 2.45) is 0 Å². The van der Waals surface area contributed by atoms with Crippen LogP contribution in [0.1, 0.15) is 11.4 Å². The first-order valence-electron chi connectivity index (χ1n) is 5.82. The van der Waals surface area contributed by atoms with Crippen molar-refractivity contribution in [1.29, 1.82) is 0 Å². The molecule has 0 aliphatic carbocycles. The highest BCUT2D eigenvalue weighted by Crippen LogP contribution is 2.32. The highest BCUT2D eigenvalue weighted by molar-refractivity contribution is 5.50. The van der Waals surface area contributed by atoms with Gasteiger partial charge in [0.05, 0.1) is 11.1 Å². The Balaban J connectivity index is 2.45. The summed E-state index contributed by atoms with van der Waals surface area (Å²) in [5, 5.41) is 13.8. The van der Waals surface area contributed by atoms with Crippen LogP contribution >= 0.6 is 0 Å². The number of anilines is 1. The highest BCUT2D eigenvalue weighted by Gasteiger charge is 2.24. The van der Waals surface area contributed by atoms with Crippen LogP contribution in [0, 0.1) is 24.0 Å². The van der Waals surface area contributed by atoms with Gasteiger partial charge in [-0.1, -0.05) is 0 Å². The standard InChI is InChI=1S/C12H13N5O3/c1-7-4-5-9(6-14-7)20-11-10(17(18)19)8(2)15-12(13-3)16-11/h4-6H,1-3H3,(H,13,15,16). The SMILES string of the molecule is CNc1nc(C)c([N+](=O)[O-])c(Oc2ccc(C)nc2)n1. The molecule has 0 aromatic carbocycles. The molecule has 0 amide bonds. The Morgan fingerprint density at radius 1 is 1.30 bits per heavy atom. The van der Waals surface area contributed by atoms with Gasteiger partial charge >= 0.3 is 11.6 Å². The van der Waals surface area contributed by atoms with Crippen LogP contribution in [-0.2, 0) is 0 Å². The van der Waals surface area contributed by atoms with E-state index in [9.17, 15) is 10.1 Å². The quantitative estimate of drug-likeness (QED) is 0.674. The minimum atomic E-state index is -0.564. The van der Waals surface area contributed by atoms with E-state index in [-0.39, 0.29) is 23.2 Å². The number of nitrogens with one attached hydrogen (secondary N) is 1. The zero-order valence-electron chi connectivity index (χ0n) is 11.2. The minimum absolute atomic E-state index is 0.113. The van der Waals surface area contributed by atoms with Crippen molar-refractivity contribution in [3.8, 4) is 11.6 Å². The molecule has 0 saturated carbocycles. The Morgan fingerprint density at radius 2 is 2.05 bits per heavy atom. The van der Waals surface area contributed by atoms with Gasteiger partial charge < -0.3 is 10.1 Å². The van der Waals surface area contributed by atoms with Crippen molar-refractivity contribution in [2.75, 3.05) is 12.4 Å². The molecule has 2 aromatic rings. The molecule has 8 nitrogen and oxygen atoms in total. The van der Waals surface area contributed by atoms with Gasteiger partial charge in [-0.3, -0.25) is 15.1 Å². The summed E-state index contributed by atoms with van der Waals surface area (Å²) in [5.74, 6) is 0.513. The fourth-order valence-corrected chi connectivity index (χ4v) is 1.56. The summed E-state index contributed by atoms with van der Waals surface area (Å²) in [6.07, 6.45) is 1.48. The lowest BCUT2D eigenvalue weighted by Crippen LogP contribution is -2.05. The molecule has 0 atom stereocenters. The van der Waals surface area contributed by atoms with Crippen molar-refractivity contribution in [1.82, 2.24) is 15.0 Å². The molecule has 0 unspecified atom stereocenters. The summed E-state index contributed by atoms with van der Waals surface area (Å²) in [6, 6.07) is 3.41. The van der Waals surface area contributed by atoms with E-state index < -0.39 is 4.92 Å². The van der Waals surface area contributed by atoms with Crippen LogP contribution in [0.15, 0.2) is 18.3 Å². The number of aromatic nitrogens is 3. The van der Waals surface area contributed by atoms with Crippen LogP contribution in [-0.4, -0.2) is 26.9 Å². The van der Waals surface area contributed by atoms with E-state index in [1.165, 1.54) is 13.1 Å². The van der Waals surface area contributed by atoms with Crippen molar-refractivity contribution in [3.05, 3.63) is 39.8 Å². The molecule has 8 heteroatoms. The van der Waals surface area contributed by atoms with Crippen molar-refractivity contribution in [3.63, 3.8) is 0 Å². The molecular formula is C12H13N5O3. The van der Waals surface area contributed by atoms with E-state index in [2.05, 4.69) is 20.3 Å². The zero-order valence-corrected chi connectivity index (χ0v) is 11.2. The summed E-state index contributed by atoms with van der Waals surface area (Å²) < 4.78 is 5.45. The van der Waals surface area contributed by atoms with Gasteiger partial charge in [-0.2, -0.15) is 4.98 Å². The maximum absolute atomic E-state index is 11.1. The third-order valence-electron chi connectivity index (χ3n) is 2.53. The molecular weight excluding hydrogens is 262 g/mol. The van der Waals surface area contributed by atoms with Crippen LogP contribution in [0.2, 0.25) is 0 Å². The Labute approximate surface area is 115 Å². The van der Waals surface area contributed by atoms with Gasteiger partial charge in [0.1, 0.15) is 11.4 Å². The highest BCUT2D eigenvalue weighted by atomic mass is 16.6. The second-order valence-corrected chi connectivity index (χ2v) is 4.03. The van der Waals surface area contributed by atoms with Crippen molar-refractivity contribution in [2.45, 2.75) is 13.8 Å². The third-order valence-corrected chi connectivity index (χ3v) is 2.53. The maximum atomic E-state index is 11.1. The third kappa shape index (κ3) is 2.79. The number of nitro groups is 1. The first kappa shape index (κ1) is 13.7. The fraction of sp³-hybridized carbons (Fsp3) is 0.250. The average Bonchev–Trinajstić information content (AvgIpc) is 2.40. The molecule has 0 radical (unpaired) electrons. The van der Waals surface area contributed by atoms with Gasteiger partial charge in [0.15, 0.2) is 0 Å². The van der Waals surface area contributed by atoms with Crippen LogP contribution in [0.25, 0.3) is 0 Å². The zero-order chi connectivity index (χ0) is 14.7. The molecule has 0 bridgehead atoms. The molecule has 0 saturated heterocycles. The van der Waals surface area contributed by atoms with Crippen LogP contribution in [0.4, 0.5) is 11.6 Å². The fourth-order valence-electron chi connectivity index (χ4n) is 1.56. The predicted molar refractivity (Wildman–Crippen MR) is 72.0 cm³/mol. The molecule has 0 aliphatic heterocycles. The predicted octanol–water partition coefficient (Wildman–Crippen LogP) is 2.23. The summed E-state index contributed by atoms with van der Waals surface area (Å²) >= 11 is 0. The summed E-state index contributed by atoms with van der Waals surface area (Å²) in [6.45, 7) is 3.36. The van der Waals surface area contributed by atoms with Gasteiger partial charge in [-0.25, -0.2) is 4.98 Å². The van der Waals surface area contributed by atoms with Crippen LogP contribution in [0.5, 0.6) is 11.6 Å². The van der Waals surface area contributed by atoms with E-state index >= 15 is 0 Å². The number of hydrogen-bond donors (Lipinski definition) is 1. The Bertz CT molecular complexity index is 642. The first-order chi connectivity index (χ1) is 9.51. The van der Waals surface area contributed by atoms with E-state index in [4.69, 9.17) is 4.74 Å². The van der Waals surface area contributed by atoms with E-state index in [0.717, 1.165) is 5.69 Å². The van der Waals surface area contributed by atoms with Gasteiger partial charge in [0.2, 0.25) is 5.95 Å². The summed E-state index contributed by atoms with van der Waals surface area (Å²) in [7, 11) is 1.62. The maximum Gasteiger partial charge on any atom is 0.352 e. The average molecular weight is 275 g/mol. The molecule has 0 fully saturated rings. The molecule has 2 aromatic heterocycles. The van der Waals surface area contributed by atoms with E-state index in [0.29, 0.717) is 5.75 Å². The summed E-state index contributed by atoms with van der Waals surface area (Å²) in [4.78, 5) is 22.5. The van der Waals surface area contributed by atoms with Gasteiger partial charge in [-0.15, -0.1) is 0 Å². The number of ether oxygens (including phenoxy) is 1. The van der Waals surface area contributed by atoms with Crippen molar-refractivity contribution >= 4 is 11.6 Å². The molecule has 20 heavy (non-hydrogen) atoms. The lowest BCUT2D eigenvalue weighted by atomic mass is 10.3. The van der Waals surface area contributed by atoms with Crippen molar-refractivity contribution < 1.29 is 9.66 Å². The second-order valence-electron chi connectivity index (χ2n) is 4.03. The lowest BCUT2D eigenvalue weighted by molar-refractivity contribution is -0.386. The Kier molecular flexibility index (Phi) is 3.74. The Hall–Kier alpha value is -2.77. The first-order valence-corrected chi connectivity index (χ1v) is 5.82. The normalized spacial score (nSPS) is 10.2. The topological polar surface area (TPSA) is 103 Å². The van der Waals surface area contributed by atoms with E-state index in [1.807, 2.05) is 6.92 Å².